The minimum absolute atomic E-state index is 0.160. The highest BCUT2D eigenvalue weighted by molar-refractivity contribution is 5.91. The molecule has 0 aliphatic rings. The molecule has 0 atom stereocenters. The molecule has 2 rings (SSSR count). The van der Waals surface area contributed by atoms with Crippen LogP contribution < -0.4 is 0 Å². The van der Waals surface area contributed by atoms with Crippen molar-refractivity contribution >= 4 is 5.91 Å². The lowest BCUT2D eigenvalue weighted by Gasteiger charge is -2.19. The standard InChI is InChI=1S/C13H17N3O4/c17-8-6-15(7-9-18)13(19)12-3-2-11(20-12)10-16-5-1-4-14-16/h1-5,17-18H,6-10H2. The molecule has 0 saturated carbocycles. The summed E-state index contributed by atoms with van der Waals surface area (Å²) in [4.78, 5) is 13.5. The molecular formula is C13H17N3O4. The molecule has 2 N–H and O–H groups in total. The van der Waals surface area contributed by atoms with E-state index in [-0.39, 0.29) is 38.0 Å². The van der Waals surface area contributed by atoms with E-state index < -0.39 is 0 Å². The second-order valence-electron chi connectivity index (χ2n) is 4.21. The van der Waals surface area contributed by atoms with E-state index in [9.17, 15) is 4.79 Å². The summed E-state index contributed by atoms with van der Waals surface area (Å²) in [7, 11) is 0. The maximum atomic E-state index is 12.1. The zero-order chi connectivity index (χ0) is 14.4. The number of amides is 1. The molecule has 0 radical (unpaired) electrons. The van der Waals surface area contributed by atoms with E-state index in [2.05, 4.69) is 5.10 Å². The van der Waals surface area contributed by atoms with Crippen LogP contribution in [0.15, 0.2) is 35.0 Å². The maximum Gasteiger partial charge on any atom is 0.289 e. The predicted molar refractivity (Wildman–Crippen MR) is 70.1 cm³/mol. The van der Waals surface area contributed by atoms with Gasteiger partial charge in [-0.2, -0.15) is 5.10 Å². The first-order valence-electron chi connectivity index (χ1n) is 6.31. The maximum absolute atomic E-state index is 12.1. The molecule has 0 aliphatic carbocycles. The Bertz CT molecular complexity index is 530. The number of aliphatic hydroxyl groups is 2. The van der Waals surface area contributed by atoms with Crippen molar-refractivity contribution in [2.75, 3.05) is 26.3 Å². The Morgan fingerprint density at radius 1 is 1.30 bits per heavy atom. The number of aromatic nitrogens is 2. The van der Waals surface area contributed by atoms with Crippen molar-refractivity contribution in [2.45, 2.75) is 6.54 Å². The van der Waals surface area contributed by atoms with Crippen LogP contribution in [0.1, 0.15) is 16.3 Å². The van der Waals surface area contributed by atoms with Gasteiger partial charge in [-0.3, -0.25) is 9.48 Å². The SMILES string of the molecule is O=C(c1ccc(Cn2cccn2)o1)N(CCO)CCO. The average molecular weight is 279 g/mol. The molecule has 2 aromatic heterocycles. The number of nitrogens with zero attached hydrogens (tertiary/aromatic N) is 3. The summed E-state index contributed by atoms with van der Waals surface area (Å²) in [6.07, 6.45) is 3.47. The van der Waals surface area contributed by atoms with Crippen LogP contribution in [0.25, 0.3) is 0 Å². The summed E-state index contributed by atoms with van der Waals surface area (Å²) in [5, 5.41) is 21.9. The van der Waals surface area contributed by atoms with Crippen LogP contribution >= 0.6 is 0 Å². The first kappa shape index (κ1) is 14.3. The van der Waals surface area contributed by atoms with Crippen LogP contribution in [0.4, 0.5) is 0 Å². The fourth-order valence-electron chi connectivity index (χ4n) is 1.84. The highest BCUT2D eigenvalue weighted by Crippen LogP contribution is 2.12. The molecule has 7 nitrogen and oxygen atoms in total. The number of aliphatic hydroxyl groups excluding tert-OH is 2. The van der Waals surface area contributed by atoms with E-state index in [4.69, 9.17) is 14.6 Å². The van der Waals surface area contributed by atoms with E-state index in [1.807, 2.05) is 0 Å². The fraction of sp³-hybridized carbons (Fsp3) is 0.385. The molecule has 2 aromatic rings. The fourth-order valence-corrected chi connectivity index (χ4v) is 1.84. The molecule has 7 heteroatoms. The van der Waals surface area contributed by atoms with Crippen LogP contribution in [-0.2, 0) is 6.54 Å². The van der Waals surface area contributed by atoms with Crippen molar-refractivity contribution in [1.29, 1.82) is 0 Å². The summed E-state index contributed by atoms with van der Waals surface area (Å²) < 4.78 is 7.16. The van der Waals surface area contributed by atoms with Crippen LogP contribution in [0.5, 0.6) is 0 Å². The molecule has 0 aliphatic heterocycles. The Hall–Kier alpha value is -2.12. The number of hydrogen-bond acceptors (Lipinski definition) is 5. The molecule has 0 bridgehead atoms. The van der Waals surface area contributed by atoms with E-state index >= 15 is 0 Å². The van der Waals surface area contributed by atoms with Crippen molar-refractivity contribution in [1.82, 2.24) is 14.7 Å². The first-order valence-corrected chi connectivity index (χ1v) is 6.31. The van der Waals surface area contributed by atoms with Crippen molar-refractivity contribution in [2.24, 2.45) is 0 Å². The molecule has 0 fully saturated rings. The molecule has 1 amide bonds. The van der Waals surface area contributed by atoms with Gasteiger partial charge < -0.3 is 19.5 Å². The van der Waals surface area contributed by atoms with Gasteiger partial charge in [-0.25, -0.2) is 0 Å². The lowest BCUT2D eigenvalue weighted by Crippen LogP contribution is -2.35. The molecular weight excluding hydrogens is 262 g/mol. The number of carbonyl (C=O) groups excluding carboxylic acids is 1. The summed E-state index contributed by atoms with van der Waals surface area (Å²) >= 11 is 0. The highest BCUT2D eigenvalue weighted by atomic mass is 16.4. The summed E-state index contributed by atoms with van der Waals surface area (Å²) in [5.74, 6) is 0.457. The minimum atomic E-state index is -0.347. The largest absolute Gasteiger partial charge is 0.454 e. The Kier molecular flexibility index (Phi) is 4.91. The van der Waals surface area contributed by atoms with Crippen LogP contribution in [0.2, 0.25) is 0 Å². The van der Waals surface area contributed by atoms with Gasteiger partial charge in [0.25, 0.3) is 5.91 Å². The van der Waals surface area contributed by atoms with Gasteiger partial charge in [0.1, 0.15) is 5.76 Å². The Balaban J connectivity index is 2.04. The van der Waals surface area contributed by atoms with Crippen molar-refractivity contribution in [3.63, 3.8) is 0 Å². The van der Waals surface area contributed by atoms with Crippen LogP contribution in [-0.4, -0.2) is 57.1 Å². The number of rotatable bonds is 7. The minimum Gasteiger partial charge on any atom is -0.454 e. The van der Waals surface area contributed by atoms with Gasteiger partial charge in [-0.15, -0.1) is 0 Å². The van der Waals surface area contributed by atoms with E-state index in [1.54, 1.807) is 35.3 Å². The average Bonchev–Trinajstić information content (AvgIpc) is 3.10. The third-order valence-electron chi connectivity index (χ3n) is 2.78. The Labute approximate surface area is 116 Å². The van der Waals surface area contributed by atoms with Gasteiger partial charge >= 0.3 is 0 Å². The van der Waals surface area contributed by atoms with Gasteiger partial charge in [-0.1, -0.05) is 0 Å². The lowest BCUT2D eigenvalue weighted by molar-refractivity contribution is 0.0651. The number of furan rings is 1. The Morgan fingerprint density at radius 3 is 2.65 bits per heavy atom. The van der Waals surface area contributed by atoms with Gasteiger partial charge in [-0.05, 0) is 18.2 Å². The summed E-state index contributed by atoms with van der Waals surface area (Å²) in [5.41, 5.74) is 0. The smallest absolute Gasteiger partial charge is 0.289 e. The third kappa shape index (κ3) is 3.46. The van der Waals surface area contributed by atoms with Crippen molar-refractivity contribution in [3.8, 4) is 0 Å². The van der Waals surface area contributed by atoms with Gasteiger partial charge in [0.2, 0.25) is 0 Å². The normalized spacial score (nSPS) is 10.7. The lowest BCUT2D eigenvalue weighted by atomic mass is 10.3. The van der Waals surface area contributed by atoms with Crippen LogP contribution in [0, 0.1) is 0 Å². The van der Waals surface area contributed by atoms with Gasteiger partial charge in [0.15, 0.2) is 5.76 Å². The van der Waals surface area contributed by atoms with E-state index in [0.717, 1.165) is 0 Å². The van der Waals surface area contributed by atoms with Crippen molar-refractivity contribution in [3.05, 3.63) is 42.1 Å². The zero-order valence-corrected chi connectivity index (χ0v) is 11.0. The number of hydrogen-bond donors (Lipinski definition) is 2. The van der Waals surface area contributed by atoms with Crippen molar-refractivity contribution < 1.29 is 19.4 Å². The topological polar surface area (TPSA) is 91.7 Å². The van der Waals surface area contributed by atoms with Gasteiger partial charge in [0, 0.05) is 25.5 Å². The van der Waals surface area contributed by atoms with E-state index in [1.165, 1.54) is 4.90 Å². The van der Waals surface area contributed by atoms with E-state index in [0.29, 0.717) is 12.3 Å². The first-order chi connectivity index (χ1) is 9.74. The molecule has 0 saturated heterocycles. The molecule has 0 unspecified atom stereocenters. The molecule has 2 heterocycles. The molecule has 20 heavy (non-hydrogen) atoms. The molecule has 108 valence electrons. The molecule has 0 aromatic carbocycles. The quantitative estimate of drug-likeness (QED) is 0.741. The summed E-state index contributed by atoms with van der Waals surface area (Å²) in [6, 6.07) is 5.10. The number of carbonyl (C=O) groups is 1. The van der Waals surface area contributed by atoms with Crippen LogP contribution in [0.3, 0.4) is 0 Å². The monoisotopic (exact) mass is 279 g/mol. The van der Waals surface area contributed by atoms with Gasteiger partial charge in [0.05, 0.1) is 19.8 Å². The second-order valence-corrected chi connectivity index (χ2v) is 4.21. The zero-order valence-electron chi connectivity index (χ0n) is 11.0. The summed E-state index contributed by atoms with van der Waals surface area (Å²) in [6.45, 7) is 0.447. The second kappa shape index (κ2) is 6.88. The Morgan fingerprint density at radius 2 is 2.05 bits per heavy atom. The highest BCUT2D eigenvalue weighted by Gasteiger charge is 2.18. The predicted octanol–water partition coefficient (Wildman–Crippen LogP) is -0.0488. The molecule has 0 spiro atoms. The third-order valence-corrected chi connectivity index (χ3v) is 2.78.